The molecular weight excluding hydrogens is 254 g/mol. The number of nitro groups is 1. The van der Waals surface area contributed by atoms with Gasteiger partial charge in [-0.05, 0) is 23.9 Å². The number of rotatable bonds is 4. The average molecular weight is 261 g/mol. The third kappa shape index (κ3) is 2.89. The Balaban J connectivity index is 2.12. The highest BCUT2D eigenvalue weighted by molar-refractivity contribution is 7.99. The first-order valence-electron chi connectivity index (χ1n) is 4.88. The smallest absolute Gasteiger partial charge is 0.269 e. The highest BCUT2D eigenvalue weighted by atomic mass is 32.2. The van der Waals surface area contributed by atoms with E-state index in [9.17, 15) is 14.9 Å². The van der Waals surface area contributed by atoms with Crippen molar-refractivity contribution in [3.63, 3.8) is 0 Å². The van der Waals surface area contributed by atoms with E-state index in [1.165, 1.54) is 36.3 Å². The SMILES string of the molecule is O=Cc1cnc(Sc2ccc([N+](=O)[O-])cc2)nc1. The summed E-state index contributed by atoms with van der Waals surface area (Å²) in [6.45, 7) is 0. The zero-order valence-corrected chi connectivity index (χ0v) is 9.83. The Morgan fingerprint density at radius 2 is 1.78 bits per heavy atom. The number of hydrogen-bond donors (Lipinski definition) is 0. The summed E-state index contributed by atoms with van der Waals surface area (Å²) in [6.07, 6.45) is 3.52. The first-order chi connectivity index (χ1) is 8.69. The van der Waals surface area contributed by atoms with Gasteiger partial charge in [-0.2, -0.15) is 0 Å². The third-order valence-electron chi connectivity index (χ3n) is 2.04. The van der Waals surface area contributed by atoms with Crippen LogP contribution in [0.5, 0.6) is 0 Å². The van der Waals surface area contributed by atoms with Crippen molar-refractivity contribution in [1.29, 1.82) is 0 Å². The standard InChI is InChI=1S/C11H7N3O3S/c15-7-8-5-12-11(13-6-8)18-10-3-1-9(2-4-10)14(16)17/h1-7H. The van der Waals surface area contributed by atoms with Crippen molar-refractivity contribution >= 4 is 23.7 Å². The van der Waals surface area contributed by atoms with Crippen LogP contribution in [0.4, 0.5) is 5.69 Å². The molecule has 0 aliphatic heterocycles. The zero-order valence-electron chi connectivity index (χ0n) is 9.02. The maximum Gasteiger partial charge on any atom is 0.269 e. The van der Waals surface area contributed by atoms with Crippen LogP contribution >= 0.6 is 11.8 Å². The van der Waals surface area contributed by atoms with Crippen molar-refractivity contribution in [2.24, 2.45) is 0 Å². The molecule has 0 fully saturated rings. The minimum Gasteiger partial charge on any atom is -0.298 e. The molecule has 0 amide bonds. The van der Waals surface area contributed by atoms with Crippen LogP contribution in [0.1, 0.15) is 10.4 Å². The number of carbonyl (C=O) groups is 1. The molecule has 7 heteroatoms. The number of aromatic nitrogens is 2. The number of aldehydes is 1. The van der Waals surface area contributed by atoms with Gasteiger partial charge in [0.1, 0.15) is 0 Å². The van der Waals surface area contributed by atoms with Crippen LogP contribution in [0.2, 0.25) is 0 Å². The molecule has 0 saturated carbocycles. The van der Waals surface area contributed by atoms with E-state index in [1.807, 2.05) is 0 Å². The molecule has 0 atom stereocenters. The molecular formula is C11H7N3O3S. The second kappa shape index (κ2) is 5.37. The molecule has 0 aliphatic rings. The fourth-order valence-electron chi connectivity index (χ4n) is 1.18. The Morgan fingerprint density at radius 1 is 1.17 bits per heavy atom. The van der Waals surface area contributed by atoms with Crippen LogP contribution in [0.25, 0.3) is 0 Å². The van der Waals surface area contributed by atoms with Crippen molar-refractivity contribution < 1.29 is 9.72 Å². The van der Waals surface area contributed by atoms with E-state index >= 15 is 0 Å². The molecule has 90 valence electrons. The Bertz CT molecular complexity index is 569. The van der Waals surface area contributed by atoms with Gasteiger partial charge in [0.05, 0.1) is 10.5 Å². The molecule has 0 unspecified atom stereocenters. The molecule has 6 nitrogen and oxygen atoms in total. The minimum atomic E-state index is -0.455. The molecule has 0 bridgehead atoms. The van der Waals surface area contributed by atoms with Crippen molar-refractivity contribution in [2.45, 2.75) is 10.1 Å². The second-order valence-corrected chi connectivity index (χ2v) is 4.31. The highest BCUT2D eigenvalue weighted by Gasteiger charge is 2.06. The van der Waals surface area contributed by atoms with Crippen molar-refractivity contribution in [3.8, 4) is 0 Å². The molecule has 18 heavy (non-hydrogen) atoms. The van der Waals surface area contributed by atoms with Crippen LogP contribution in [-0.4, -0.2) is 21.2 Å². The molecule has 1 aromatic carbocycles. The summed E-state index contributed by atoms with van der Waals surface area (Å²) in [6, 6.07) is 6.09. The molecule has 1 heterocycles. The number of carbonyl (C=O) groups excluding carboxylic acids is 1. The molecule has 1 aromatic heterocycles. The molecule has 0 radical (unpaired) electrons. The van der Waals surface area contributed by atoms with Crippen molar-refractivity contribution in [3.05, 3.63) is 52.3 Å². The average Bonchev–Trinajstić information content (AvgIpc) is 2.40. The fourth-order valence-corrected chi connectivity index (χ4v) is 1.87. The number of nitro benzene ring substituents is 1. The lowest BCUT2D eigenvalue weighted by molar-refractivity contribution is -0.384. The van der Waals surface area contributed by atoms with Crippen molar-refractivity contribution in [2.75, 3.05) is 0 Å². The number of nitrogens with zero attached hydrogens (tertiary/aromatic N) is 3. The molecule has 2 rings (SSSR count). The van der Waals surface area contributed by atoms with E-state index in [1.54, 1.807) is 12.1 Å². The molecule has 0 saturated heterocycles. The van der Waals surface area contributed by atoms with Gasteiger partial charge in [-0.1, -0.05) is 0 Å². The quantitative estimate of drug-likeness (QED) is 0.363. The maximum absolute atomic E-state index is 10.5. The predicted molar refractivity (Wildman–Crippen MR) is 64.6 cm³/mol. The Labute approximate surface area is 106 Å². The van der Waals surface area contributed by atoms with E-state index in [0.29, 0.717) is 17.0 Å². The van der Waals surface area contributed by atoms with E-state index in [2.05, 4.69) is 9.97 Å². The maximum atomic E-state index is 10.5. The topological polar surface area (TPSA) is 86.0 Å². The first-order valence-corrected chi connectivity index (χ1v) is 5.70. The van der Waals surface area contributed by atoms with E-state index in [-0.39, 0.29) is 5.69 Å². The molecule has 0 spiro atoms. The monoisotopic (exact) mass is 261 g/mol. The van der Waals surface area contributed by atoms with Gasteiger partial charge < -0.3 is 0 Å². The Hall–Kier alpha value is -2.28. The van der Waals surface area contributed by atoms with E-state index in [0.717, 1.165) is 4.90 Å². The second-order valence-electron chi connectivity index (χ2n) is 3.27. The zero-order chi connectivity index (χ0) is 13.0. The minimum absolute atomic E-state index is 0.0385. The lowest BCUT2D eigenvalue weighted by Crippen LogP contribution is -1.90. The van der Waals surface area contributed by atoms with E-state index < -0.39 is 4.92 Å². The molecule has 0 N–H and O–H groups in total. The van der Waals surface area contributed by atoms with Gasteiger partial charge in [-0.15, -0.1) is 0 Å². The lowest BCUT2D eigenvalue weighted by Gasteiger charge is -1.99. The van der Waals surface area contributed by atoms with Gasteiger partial charge in [0, 0.05) is 29.4 Å². The predicted octanol–water partition coefficient (Wildman–Crippen LogP) is 2.35. The Kier molecular flexibility index (Phi) is 3.63. The van der Waals surface area contributed by atoms with Crippen LogP contribution in [-0.2, 0) is 0 Å². The van der Waals surface area contributed by atoms with Crippen LogP contribution < -0.4 is 0 Å². The van der Waals surface area contributed by atoms with Crippen LogP contribution in [0.15, 0.2) is 46.7 Å². The molecule has 0 aliphatic carbocycles. The van der Waals surface area contributed by atoms with Gasteiger partial charge in [-0.25, -0.2) is 9.97 Å². The number of benzene rings is 1. The largest absolute Gasteiger partial charge is 0.298 e. The van der Waals surface area contributed by atoms with Gasteiger partial charge in [0.2, 0.25) is 0 Å². The van der Waals surface area contributed by atoms with Gasteiger partial charge in [0.25, 0.3) is 5.69 Å². The third-order valence-corrected chi connectivity index (χ3v) is 2.94. The highest BCUT2D eigenvalue weighted by Crippen LogP contribution is 2.25. The van der Waals surface area contributed by atoms with E-state index in [4.69, 9.17) is 0 Å². The summed E-state index contributed by atoms with van der Waals surface area (Å²) in [5.41, 5.74) is 0.444. The summed E-state index contributed by atoms with van der Waals surface area (Å²) in [4.78, 5) is 29.2. The fraction of sp³-hybridized carbons (Fsp3) is 0. The van der Waals surface area contributed by atoms with Crippen molar-refractivity contribution in [1.82, 2.24) is 9.97 Å². The Morgan fingerprint density at radius 3 is 2.28 bits per heavy atom. The van der Waals surface area contributed by atoms with Crippen LogP contribution in [0, 0.1) is 10.1 Å². The number of non-ortho nitro benzene ring substituents is 1. The normalized spacial score (nSPS) is 10.0. The summed E-state index contributed by atoms with van der Waals surface area (Å²) < 4.78 is 0. The van der Waals surface area contributed by atoms with Gasteiger partial charge in [0.15, 0.2) is 11.4 Å². The van der Waals surface area contributed by atoms with Gasteiger partial charge in [-0.3, -0.25) is 14.9 Å². The van der Waals surface area contributed by atoms with Gasteiger partial charge >= 0.3 is 0 Å². The summed E-state index contributed by atoms with van der Waals surface area (Å²) in [5, 5.41) is 11.0. The lowest BCUT2D eigenvalue weighted by atomic mass is 10.3. The number of hydrogen-bond acceptors (Lipinski definition) is 6. The summed E-state index contributed by atoms with van der Waals surface area (Å²) >= 11 is 1.27. The summed E-state index contributed by atoms with van der Waals surface area (Å²) in [7, 11) is 0. The summed E-state index contributed by atoms with van der Waals surface area (Å²) in [5.74, 6) is 0. The molecule has 2 aromatic rings. The van der Waals surface area contributed by atoms with Crippen LogP contribution in [0.3, 0.4) is 0 Å². The first kappa shape index (κ1) is 12.2.